The van der Waals surface area contributed by atoms with Crippen LogP contribution in [0.5, 0.6) is 0 Å². The molecule has 0 spiro atoms. The number of aryl methyl sites for hydroxylation is 2. The molecule has 4 nitrogen and oxygen atoms in total. The fourth-order valence-electron chi connectivity index (χ4n) is 4.23. The number of benzene rings is 2. The van der Waals surface area contributed by atoms with E-state index in [0.29, 0.717) is 12.2 Å². The van der Waals surface area contributed by atoms with Crippen molar-refractivity contribution in [3.05, 3.63) is 77.4 Å². The lowest BCUT2D eigenvalue weighted by Crippen LogP contribution is -2.54. The summed E-state index contributed by atoms with van der Waals surface area (Å²) in [7, 11) is -0.410. The van der Waals surface area contributed by atoms with E-state index in [9.17, 15) is 9.18 Å². The Bertz CT molecular complexity index is 1070. The second-order valence-electron chi connectivity index (χ2n) is 8.69. The van der Waals surface area contributed by atoms with Gasteiger partial charge < -0.3 is 4.90 Å². The number of amides is 1. The van der Waals surface area contributed by atoms with Crippen LogP contribution >= 0.6 is 0 Å². The molecule has 1 aliphatic rings. The van der Waals surface area contributed by atoms with Crippen molar-refractivity contribution < 1.29 is 9.18 Å². The molecule has 1 aromatic heterocycles. The van der Waals surface area contributed by atoms with Gasteiger partial charge in [-0.25, -0.2) is 4.68 Å². The van der Waals surface area contributed by atoms with Gasteiger partial charge in [-0.1, -0.05) is 72.9 Å². The first-order chi connectivity index (χ1) is 14.3. The molecular formula is C24H28FN3OSi. The number of hydrogen-bond acceptors (Lipinski definition) is 2. The van der Waals surface area contributed by atoms with E-state index in [2.05, 4.69) is 60.7 Å². The summed E-state index contributed by atoms with van der Waals surface area (Å²) in [6, 6.07) is 19.2. The van der Waals surface area contributed by atoms with Crippen molar-refractivity contribution in [1.29, 1.82) is 0 Å². The van der Waals surface area contributed by atoms with Crippen LogP contribution < -0.4 is 10.4 Å². The third-order valence-electron chi connectivity index (χ3n) is 6.14. The van der Waals surface area contributed by atoms with Crippen LogP contribution in [-0.2, 0) is 13.6 Å². The van der Waals surface area contributed by atoms with Crippen LogP contribution in [-0.4, -0.2) is 34.7 Å². The topological polar surface area (TPSA) is 38.1 Å². The molecule has 0 bridgehead atoms. The summed E-state index contributed by atoms with van der Waals surface area (Å²) in [4.78, 5) is 15.2. The average Bonchev–Trinajstić information content (AvgIpc) is 3.54. The number of halogens is 1. The van der Waals surface area contributed by atoms with Crippen molar-refractivity contribution in [3.8, 4) is 0 Å². The maximum atomic E-state index is 14.6. The second kappa shape index (κ2) is 7.83. The van der Waals surface area contributed by atoms with Gasteiger partial charge in [0.15, 0.2) is 0 Å². The molecule has 6 heteroatoms. The highest BCUT2D eigenvalue weighted by atomic mass is 28.3. The molecule has 1 amide bonds. The SMILES string of the molecule is Cc1nn(C)c(F)c1C(=O)N(Cc1ccccc1[Si](C)(C)c1ccccc1)C1CC1. The average molecular weight is 422 g/mol. The third-order valence-corrected chi connectivity index (χ3v) is 9.75. The Morgan fingerprint density at radius 3 is 2.37 bits per heavy atom. The highest BCUT2D eigenvalue weighted by Crippen LogP contribution is 2.31. The minimum absolute atomic E-state index is 0.0986. The molecule has 30 heavy (non-hydrogen) atoms. The molecule has 1 heterocycles. The van der Waals surface area contributed by atoms with Crippen LogP contribution in [0.2, 0.25) is 13.1 Å². The van der Waals surface area contributed by atoms with E-state index >= 15 is 0 Å². The Balaban J connectivity index is 1.70. The van der Waals surface area contributed by atoms with E-state index in [-0.39, 0.29) is 17.5 Å². The third kappa shape index (κ3) is 3.72. The lowest BCUT2D eigenvalue weighted by molar-refractivity contribution is 0.0724. The highest BCUT2D eigenvalue weighted by Gasteiger charge is 2.37. The number of aromatic nitrogens is 2. The van der Waals surface area contributed by atoms with E-state index in [0.717, 1.165) is 23.1 Å². The quantitative estimate of drug-likeness (QED) is 0.572. The monoisotopic (exact) mass is 421 g/mol. The van der Waals surface area contributed by atoms with Crippen LogP contribution in [0.4, 0.5) is 4.39 Å². The normalized spacial score (nSPS) is 14.0. The molecule has 1 aliphatic carbocycles. The number of carbonyl (C=O) groups excluding carboxylic acids is 1. The molecule has 0 aliphatic heterocycles. The molecule has 0 N–H and O–H groups in total. The summed E-state index contributed by atoms with van der Waals surface area (Å²) in [6.45, 7) is 6.88. The predicted octanol–water partition coefficient (Wildman–Crippen LogP) is 3.50. The van der Waals surface area contributed by atoms with Crippen LogP contribution in [0, 0.1) is 12.9 Å². The van der Waals surface area contributed by atoms with Crippen molar-refractivity contribution >= 4 is 24.4 Å². The van der Waals surface area contributed by atoms with Gasteiger partial charge >= 0.3 is 0 Å². The standard InChI is InChI=1S/C24H28FN3OSi/c1-17-22(23(25)27(2)26-17)24(29)28(19-14-15-19)16-18-10-8-9-13-21(18)30(3,4)20-11-6-5-7-12-20/h5-13,19H,14-16H2,1-4H3. The van der Waals surface area contributed by atoms with Gasteiger partial charge in [-0.3, -0.25) is 4.79 Å². The molecule has 0 radical (unpaired) electrons. The van der Waals surface area contributed by atoms with Crippen LogP contribution in [0.15, 0.2) is 54.6 Å². The molecule has 0 saturated heterocycles. The van der Waals surface area contributed by atoms with Gasteiger partial charge in [-0.05, 0) is 30.5 Å². The summed E-state index contributed by atoms with van der Waals surface area (Å²) >= 11 is 0. The Morgan fingerprint density at radius 1 is 1.13 bits per heavy atom. The fourth-order valence-corrected chi connectivity index (χ4v) is 7.05. The predicted molar refractivity (Wildman–Crippen MR) is 120 cm³/mol. The molecular weight excluding hydrogens is 393 g/mol. The van der Waals surface area contributed by atoms with Gasteiger partial charge in [-0.15, -0.1) is 0 Å². The van der Waals surface area contributed by atoms with Crippen molar-refractivity contribution in [3.63, 3.8) is 0 Å². The fraction of sp³-hybridized carbons (Fsp3) is 0.333. The number of rotatable bonds is 6. The van der Waals surface area contributed by atoms with E-state index in [1.54, 1.807) is 6.92 Å². The maximum Gasteiger partial charge on any atom is 0.260 e. The summed E-state index contributed by atoms with van der Waals surface area (Å²) < 4.78 is 15.8. The minimum Gasteiger partial charge on any atom is -0.331 e. The molecule has 1 saturated carbocycles. The zero-order valence-electron chi connectivity index (χ0n) is 18.0. The molecule has 2 aromatic carbocycles. The Kier molecular flexibility index (Phi) is 5.36. The Hall–Kier alpha value is -2.73. The van der Waals surface area contributed by atoms with Gasteiger partial charge in [0, 0.05) is 19.6 Å². The lowest BCUT2D eigenvalue weighted by atomic mass is 10.1. The number of hydrogen-bond donors (Lipinski definition) is 0. The summed E-state index contributed by atoms with van der Waals surface area (Å²) in [6.07, 6.45) is 1.93. The summed E-state index contributed by atoms with van der Waals surface area (Å²) in [5.41, 5.74) is 1.69. The molecule has 0 unspecified atom stereocenters. The van der Waals surface area contributed by atoms with Gasteiger partial charge in [0.05, 0.1) is 5.69 Å². The molecule has 4 rings (SSSR count). The maximum absolute atomic E-state index is 14.6. The van der Waals surface area contributed by atoms with Crippen LogP contribution in [0.1, 0.15) is 34.5 Å². The van der Waals surface area contributed by atoms with Crippen LogP contribution in [0.25, 0.3) is 0 Å². The van der Waals surface area contributed by atoms with Gasteiger partial charge in [-0.2, -0.15) is 9.49 Å². The lowest BCUT2D eigenvalue weighted by Gasteiger charge is -2.29. The molecule has 0 atom stereocenters. The summed E-state index contributed by atoms with van der Waals surface area (Å²) in [5, 5.41) is 6.77. The van der Waals surface area contributed by atoms with Gasteiger partial charge in [0.25, 0.3) is 5.91 Å². The highest BCUT2D eigenvalue weighted by molar-refractivity contribution is 7.00. The molecule has 156 valence electrons. The van der Waals surface area contributed by atoms with Gasteiger partial charge in [0.1, 0.15) is 13.6 Å². The van der Waals surface area contributed by atoms with E-state index in [1.165, 1.54) is 17.4 Å². The first-order valence-corrected chi connectivity index (χ1v) is 13.4. The second-order valence-corrected chi connectivity index (χ2v) is 13.1. The Morgan fingerprint density at radius 2 is 1.77 bits per heavy atom. The van der Waals surface area contributed by atoms with Crippen molar-refractivity contribution in [2.24, 2.45) is 7.05 Å². The van der Waals surface area contributed by atoms with Crippen molar-refractivity contribution in [1.82, 2.24) is 14.7 Å². The van der Waals surface area contributed by atoms with E-state index in [1.807, 2.05) is 17.0 Å². The smallest absolute Gasteiger partial charge is 0.260 e. The first kappa shape index (κ1) is 20.5. The van der Waals surface area contributed by atoms with Crippen molar-refractivity contribution in [2.75, 3.05) is 0 Å². The number of nitrogens with zero attached hydrogens (tertiary/aromatic N) is 3. The molecule has 3 aromatic rings. The van der Waals surface area contributed by atoms with Crippen LogP contribution in [0.3, 0.4) is 0 Å². The summed E-state index contributed by atoms with van der Waals surface area (Å²) in [5.74, 6) is -0.815. The minimum atomic E-state index is -1.94. The van der Waals surface area contributed by atoms with E-state index in [4.69, 9.17) is 0 Å². The van der Waals surface area contributed by atoms with E-state index < -0.39 is 14.0 Å². The first-order valence-electron chi connectivity index (χ1n) is 10.4. The van der Waals surface area contributed by atoms with Gasteiger partial charge in [0.2, 0.25) is 5.95 Å². The zero-order chi connectivity index (χ0) is 21.5. The number of carbonyl (C=O) groups is 1. The molecule has 1 fully saturated rings. The Labute approximate surface area is 178 Å². The zero-order valence-corrected chi connectivity index (χ0v) is 19.0. The van der Waals surface area contributed by atoms with Crippen molar-refractivity contribution in [2.45, 2.75) is 45.4 Å². The largest absolute Gasteiger partial charge is 0.331 e.